The van der Waals surface area contributed by atoms with Crippen molar-refractivity contribution in [2.75, 3.05) is 0 Å². The van der Waals surface area contributed by atoms with E-state index in [1.807, 2.05) is 0 Å². The molecule has 0 amide bonds. The molecule has 0 saturated heterocycles. The van der Waals surface area contributed by atoms with E-state index in [0.29, 0.717) is 17.8 Å². The Morgan fingerprint density at radius 1 is 0.607 bits per heavy atom. The van der Waals surface area contributed by atoms with Crippen LogP contribution in [-0.4, -0.2) is 0 Å². The summed E-state index contributed by atoms with van der Waals surface area (Å²) in [6, 6.07) is 0. The molecule has 3 unspecified atom stereocenters. The van der Waals surface area contributed by atoms with Crippen molar-refractivity contribution in [2.24, 2.45) is 17.8 Å². The Kier molecular flexibility index (Phi) is 16.1. The van der Waals surface area contributed by atoms with Crippen LogP contribution in [0, 0.1) is 36.0 Å². The Balaban J connectivity index is 0.000000384. The zero-order valence-corrected chi connectivity index (χ0v) is 21.9. The molecule has 0 aromatic carbocycles. The minimum Gasteiger partial charge on any atom is -0.269 e. The summed E-state index contributed by atoms with van der Waals surface area (Å²) in [5.74, 6) is 2.14. The minimum atomic E-state index is 0. The molecule has 0 bridgehead atoms. The van der Waals surface area contributed by atoms with Crippen LogP contribution in [0.5, 0.6) is 0 Å². The predicted octanol–water partition coefficient (Wildman–Crippen LogP) is 8.16. The fraction of sp³-hybridized carbons (Fsp3) is 0.556. The van der Waals surface area contributed by atoms with Crippen LogP contribution in [0.4, 0.5) is 0 Å². The third-order valence-electron chi connectivity index (χ3n) is 5.59. The SMILES string of the molecule is CCC(C)C1=[C-]CC=C1.CCC(C)C1=[C-]CC=C1.CCC(C)C1=[C-]CC=C1.[Y+3]. The number of rotatable bonds is 6. The monoisotopic (exact) mass is 452 g/mol. The molecule has 0 radical (unpaired) electrons. The summed E-state index contributed by atoms with van der Waals surface area (Å²) in [6.07, 6.45) is 29.8. The summed E-state index contributed by atoms with van der Waals surface area (Å²) in [5, 5.41) is 0. The molecule has 0 aromatic rings. The molecular weight excluding hydrogens is 413 g/mol. The van der Waals surface area contributed by atoms with Crippen molar-refractivity contribution in [1.29, 1.82) is 0 Å². The van der Waals surface area contributed by atoms with E-state index in [2.05, 4.69) is 96.2 Å². The maximum atomic E-state index is 3.31. The Morgan fingerprint density at radius 3 is 1.00 bits per heavy atom. The normalized spacial score (nSPS) is 19.3. The minimum absolute atomic E-state index is 0. The fourth-order valence-corrected chi connectivity index (χ4v) is 2.94. The molecule has 3 aliphatic rings. The first-order valence-electron chi connectivity index (χ1n) is 10.8. The Labute approximate surface area is 200 Å². The van der Waals surface area contributed by atoms with Crippen LogP contribution < -0.4 is 0 Å². The van der Waals surface area contributed by atoms with Crippen LogP contribution in [0.25, 0.3) is 0 Å². The first kappa shape index (κ1) is 27.5. The van der Waals surface area contributed by atoms with Gasteiger partial charge in [-0.05, 0) is 0 Å². The largest absolute Gasteiger partial charge is 3.00 e. The van der Waals surface area contributed by atoms with Crippen molar-refractivity contribution >= 4 is 0 Å². The smallest absolute Gasteiger partial charge is 0.269 e. The maximum absolute atomic E-state index is 3.31. The Hall–Kier alpha value is -0.456. The standard InChI is InChI=1S/3C9H13.Y/c3*1-3-8(2)9-6-4-5-7-9;/h3*4,6,8H,3,5H2,1-2H3;/q3*-1;+3. The van der Waals surface area contributed by atoms with Gasteiger partial charge >= 0.3 is 32.7 Å². The van der Waals surface area contributed by atoms with E-state index in [-0.39, 0.29) is 32.7 Å². The first-order valence-corrected chi connectivity index (χ1v) is 10.8. The summed E-state index contributed by atoms with van der Waals surface area (Å²) in [7, 11) is 0. The van der Waals surface area contributed by atoms with Gasteiger partial charge < -0.3 is 0 Å². The summed E-state index contributed by atoms with van der Waals surface area (Å²) in [6.45, 7) is 13.4. The van der Waals surface area contributed by atoms with Crippen LogP contribution in [0.2, 0.25) is 0 Å². The van der Waals surface area contributed by atoms with Gasteiger partial charge in [-0.2, -0.15) is 18.2 Å². The molecule has 0 aliphatic heterocycles. The molecule has 0 N–H and O–H groups in total. The van der Waals surface area contributed by atoms with Crippen molar-refractivity contribution in [3.05, 3.63) is 71.4 Å². The third-order valence-corrected chi connectivity index (χ3v) is 5.59. The molecule has 0 aromatic heterocycles. The average Bonchev–Trinajstić information content (AvgIpc) is 3.48. The van der Waals surface area contributed by atoms with Crippen molar-refractivity contribution in [3.8, 4) is 0 Å². The quantitative estimate of drug-likeness (QED) is 0.357. The van der Waals surface area contributed by atoms with Crippen molar-refractivity contribution in [2.45, 2.75) is 80.1 Å². The molecule has 150 valence electrons. The van der Waals surface area contributed by atoms with E-state index >= 15 is 0 Å². The van der Waals surface area contributed by atoms with Gasteiger partial charge in [-0.25, -0.2) is 34.9 Å². The van der Waals surface area contributed by atoms with E-state index in [1.165, 1.54) is 36.0 Å². The molecule has 3 atom stereocenters. The molecule has 3 aliphatic carbocycles. The second kappa shape index (κ2) is 16.4. The van der Waals surface area contributed by atoms with Gasteiger partial charge in [-0.3, -0.25) is 18.2 Å². The second-order valence-electron chi connectivity index (χ2n) is 7.64. The van der Waals surface area contributed by atoms with E-state index < -0.39 is 0 Å². The van der Waals surface area contributed by atoms with Gasteiger partial charge in [0, 0.05) is 0 Å². The zero-order chi connectivity index (χ0) is 20.1. The molecular formula is C27H39Y. The van der Waals surface area contributed by atoms with Gasteiger partial charge in [0.05, 0.1) is 0 Å². The maximum Gasteiger partial charge on any atom is 3.00 e. The van der Waals surface area contributed by atoms with Crippen LogP contribution in [0.1, 0.15) is 80.1 Å². The summed E-state index contributed by atoms with van der Waals surface area (Å²) in [5.41, 5.74) is 4.20. The molecule has 28 heavy (non-hydrogen) atoms. The van der Waals surface area contributed by atoms with Gasteiger partial charge in [0.15, 0.2) is 0 Å². The average molecular weight is 453 g/mol. The Morgan fingerprint density at radius 2 is 0.857 bits per heavy atom. The molecule has 0 nitrogen and oxygen atoms in total. The second-order valence-corrected chi connectivity index (χ2v) is 7.64. The van der Waals surface area contributed by atoms with Crippen molar-refractivity contribution < 1.29 is 32.7 Å². The van der Waals surface area contributed by atoms with E-state index in [0.717, 1.165) is 19.3 Å². The van der Waals surface area contributed by atoms with Crippen LogP contribution >= 0.6 is 0 Å². The Bertz CT molecular complexity index is 512. The van der Waals surface area contributed by atoms with Gasteiger partial charge in [0.1, 0.15) is 0 Å². The molecule has 0 heterocycles. The fourth-order valence-electron chi connectivity index (χ4n) is 2.94. The topological polar surface area (TPSA) is 0 Å². The van der Waals surface area contributed by atoms with E-state index in [1.54, 1.807) is 0 Å². The number of hydrogen-bond acceptors (Lipinski definition) is 0. The molecule has 3 rings (SSSR count). The van der Waals surface area contributed by atoms with Gasteiger partial charge in [-0.1, -0.05) is 78.6 Å². The molecule has 0 fully saturated rings. The van der Waals surface area contributed by atoms with Crippen molar-refractivity contribution in [1.82, 2.24) is 0 Å². The molecule has 1 heteroatoms. The van der Waals surface area contributed by atoms with Crippen LogP contribution in [0.3, 0.4) is 0 Å². The summed E-state index contributed by atoms with van der Waals surface area (Å²) in [4.78, 5) is 0. The van der Waals surface area contributed by atoms with Crippen LogP contribution in [0.15, 0.2) is 53.2 Å². The summed E-state index contributed by atoms with van der Waals surface area (Å²) < 4.78 is 0. The van der Waals surface area contributed by atoms with Gasteiger partial charge in [0.2, 0.25) is 0 Å². The van der Waals surface area contributed by atoms with Gasteiger partial charge in [-0.15, -0.1) is 19.3 Å². The van der Waals surface area contributed by atoms with E-state index in [9.17, 15) is 0 Å². The number of allylic oxidation sites excluding steroid dienone is 12. The van der Waals surface area contributed by atoms with Crippen LogP contribution in [-0.2, 0) is 32.7 Å². The number of hydrogen-bond donors (Lipinski definition) is 0. The third kappa shape index (κ3) is 10.4. The summed E-state index contributed by atoms with van der Waals surface area (Å²) >= 11 is 0. The van der Waals surface area contributed by atoms with Gasteiger partial charge in [0.25, 0.3) is 0 Å². The predicted molar refractivity (Wildman–Crippen MR) is 120 cm³/mol. The first-order chi connectivity index (χ1) is 13.0. The molecule has 0 saturated carbocycles. The van der Waals surface area contributed by atoms with Crippen molar-refractivity contribution in [3.63, 3.8) is 0 Å². The molecule has 0 spiro atoms. The van der Waals surface area contributed by atoms with E-state index in [4.69, 9.17) is 0 Å². The zero-order valence-electron chi connectivity index (χ0n) is 19.0.